The Kier molecular flexibility index (Phi) is 6.87. The third-order valence-corrected chi connectivity index (χ3v) is 11.4. The normalized spacial score (nSPS) is 45.9. The van der Waals surface area contributed by atoms with Crippen LogP contribution in [-0.4, -0.2) is 23.8 Å². The molecule has 4 aliphatic carbocycles. The highest BCUT2D eigenvalue weighted by atomic mass is 16.4. The van der Waals surface area contributed by atoms with Crippen molar-refractivity contribution in [3.63, 3.8) is 0 Å². The number of carboxylic acid groups (broad SMARTS) is 1. The molecule has 0 aromatic rings. The van der Waals surface area contributed by atoms with Gasteiger partial charge in [0.05, 0.1) is 5.92 Å². The van der Waals surface area contributed by atoms with Crippen LogP contribution in [0.15, 0.2) is 4.99 Å². The van der Waals surface area contributed by atoms with Crippen molar-refractivity contribution in [2.75, 3.05) is 7.05 Å². The van der Waals surface area contributed by atoms with E-state index in [4.69, 9.17) is 0 Å². The molecule has 0 unspecified atom stereocenters. The zero-order valence-electron chi connectivity index (χ0n) is 21.7. The largest absolute Gasteiger partial charge is 0.481 e. The first-order valence-corrected chi connectivity index (χ1v) is 13.8. The summed E-state index contributed by atoms with van der Waals surface area (Å²) < 4.78 is 0. The second-order valence-corrected chi connectivity index (χ2v) is 13.1. The number of hydrogen-bond donors (Lipinski definition) is 1. The van der Waals surface area contributed by atoms with E-state index in [1.807, 2.05) is 0 Å². The second kappa shape index (κ2) is 9.06. The fraction of sp³-hybridized carbons (Fsp3) is 0.931. The molecule has 4 rings (SSSR count). The van der Waals surface area contributed by atoms with Gasteiger partial charge in [-0.1, -0.05) is 53.9 Å². The molecule has 0 bridgehead atoms. The van der Waals surface area contributed by atoms with Crippen molar-refractivity contribution >= 4 is 11.7 Å². The van der Waals surface area contributed by atoms with Crippen LogP contribution in [0.4, 0.5) is 0 Å². The summed E-state index contributed by atoms with van der Waals surface area (Å²) in [5.74, 6) is 4.27. The summed E-state index contributed by atoms with van der Waals surface area (Å²) in [4.78, 5) is 16.7. The minimum Gasteiger partial charge on any atom is -0.481 e. The SMILES string of the molecule is CN=C1CC[C@@]2(C)[C@@H](CC[C@@H]3[C@@H]2CC[C@]2(C)[C@@H]([C@H](C)CCCC(C)C)CC[C@@H]32)[C@@H]1C(=O)O. The van der Waals surface area contributed by atoms with Gasteiger partial charge in [0.25, 0.3) is 0 Å². The minimum absolute atomic E-state index is 0.183. The molecule has 3 heteroatoms. The molecule has 9 atom stereocenters. The summed E-state index contributed by atoms with van der Waals surface area (Å²) in [7, 11) is 1.80. The van der Waals surface area contributed by atoms with Gasteiger partial charge < -0.3 is 5.11 Å². The first-order valence-electron chi connectivity index (χ1n) is 13.8. The lowest BCUT2D eigenvalue weighted by atomic mass is 9.43. The molecule has 0 radical (unpaired) electrons. The number of nitrogens with zero attached hydrogens (tertiary/aromatic N) is 1. The first kappa shape index (κ1) is 24.3. The second-order valence-electron chi connectivity index (χ2n) is 13.1. The van der Waals surface area contributed by atoms with E-state index in [-0.39, 0.29) is 17.3 Å². The van der Waals surface area contributed by atoms with Gasteiger partial charge in [0.1, 0.15) is 0 Å². The third-order valence-electron chi connectivity index (χ3n) is 11.4. The van der Waals surface area contributed by atoms with Crippen LogP contribution in [0.2, 0.25) is 0 Å². The predicted molar refractivity (Wildman–Crippen MR) is 133 cm³/mol. The van der Waals surface area contributed by atoms with Gasteiger partial charge in [-0.05, 0) is 104 Å². The summed E-state index contributed by atoms with van der Waals surface area (Å²) in [6.07, 6.45) is 14.1. The van der Waals surface area contributed by atoms with Crippen molar-refractivity contribution in [3.05, 3.63) is 0 Å². The average Bonchev–Trinajstić information content (AvgIpc) is 3.09. The number of aliphatic carboxylic acids is 1. The molecule has 182 valence electrons. The lowest BCUT2D eigenvalue weighted by Gasteiger charge is -2.61. The van der Waals surface area contributed by atoms with E-state index in [1.54, 1.807) is 7.05 Å². The van der Waals surface area contributed by atoms with E-state index in [2.05, 4.69) is 39.6 Å². The molecule has 4 fully saturated rings. The molecule has 4 aliphatic rings. The molecule has 4 saturated carbocycles. The van der Waals surface area contributed by atoms with Gasteiger partial charge in [0.2, 0.25) is 0 Å². The van der Waals surface area contributed by atoms with Crippen molar-refractivity contribution < 1.29 is 9.90 Å². The van der Waals surface area contributed by atoms with E-state index in [9.17, 15) is 9.90 Å². The fourth-order valence-electron chi connectivity index (χ4n) is 9.78. The minimum atomic E-state index is -0.628. The van der Waals surface area contributed by atoms with Gasteiger partial charge in [-0.15, -0.1) is 0 Å². The van der Waals surface area contributed by atoms with Gasteiger partial charge in [-0.25, -0.2) is 0 Å². The molecular formula is C29H49NO2. The number of carboxylic acids is 1. The standard InChI is InChI=1S/C29H49NO2/c1-18(2)8-7-9-19(3)21-12-13-22-20-10-11-24-26(27(31)32)25(30-6)15-17-29(24,5)23(20)14-16-28(21,22)4/h18-24,26H,7-17H2,1-6H3,(H,31,32)/t19-,20+,21-,22+,23+,24+,26+,28-,29-/m1/s1. The van der Waals surface area contributed by atoms with Crippen LogP contribution in [-0.2, 0) is 4.79 Å². The van der Waals surface area contributed by atoms with Crippen LogP contribution < -0.4 is 0 Å². The zero-order chi connectivity index (χ0) is 23.3. The van der Waals surface area contributed by atoms with E-state index in [1.165, 1.54) is 51.4 Å². The van der Waals surface area contributed by atoms with Gasteiger partial charge in [-0.2, -0.15) is 0 Å². The van der Waals surface area contributed by atoms with E-state index >= 15 is 0 Å². The van der Waals surface area contributed by atoms with Crippen LogP contribution >= 0.6 is 0 Å². The molecule has 0 amide bonds. The van der Waals surface area contributed by atoms with E-state index < -0.39 is 5.97 Å². The van der Waals surface area contributed by atoms with Gasteiger partial charge in [0.15, 0.2) is 0 Å². The van der Waals surface area contributed by atoms with Crippen molar-refractivity contribution in [2.24, 2.45) is 63.2 Å². The molecule has 0 aliphatic heterocycles. The Morgan fingerprint density at radius 1 is 0.969 bits per heavy atom. The highest BCUT2D eigenvalue weighted by molar-refractivity contribution is 6.02. The van der Waals surface area contributed by atoms with Gasteiger partial charge in [0, 0.05) is 12.8 Å². The maximum Gasteiger partial charge on any atom is 0.312 e. The van der Waals surface area contributed by atoms with Crippen molar-refractivity contribution in [3.8, 4) is 0 Å². The van der Waals surface area contributed by atoms with Crippen molar-refractivity contribution in [2.45, 2.75) is 105 Å². The Hall–Kier alpha value is -0.860. The van der Waals surface area contributed by atoms with Crippen LogP contribution in [0, 0.1) is 58.2 Å². The fourth-order valence-corrected chi connectivity index (χ4v) is 9.78. The van der Waals surface area contributed by atoms with Crippen molar-refractivity contribution in [1.82, 2.24) is 0 Å². The number of aliphatic imine (C=N–C) groups is 1. The topological polar surface area (TPSA) is 49.7 Å². The smallest absolute Gasteiger partial charge is 0.312 e. The van der Waals surface area contributed by atoms with Crippen LogP contribution in [0.3, 0.4) is 0 Å². The molecule has 0 aromatic heterocycles. The molecule has 3 nitrogen and oxygen atoms in total. The summed E-state index contributed by atoms with van der Waals surface area (Å²) in [6, 6.07) is 0. The highest BCUT2D eigenvalue weighted by Crippen LogP contribution is 2.68. The third kappa shape index (κ3) is 3.88. The number of hydrogen-bond acceptors (Lipinski definition) is 2. The zero-order valence-corrected chi connectivity index (χ0v) is 21.7. The Balaban J connectivity index is 1.52. The molecule has 0 saturated heterocycles. The molecular weight excluding hydrogens is 394 g/mol. The number of carbonyl (C=O) groups is 1. The molecule has 0 spiro atoms. The Morgan fingerprint density at radius 2 is 1.66 bits per heavy atom. The van der Waals surface area contributed by atoms with E-state index in [0.717, 1.165) is 60.5 Å². The number of rotatable bonds is 6. The molecule has 1 N–H and O–H groups in total. The quantitative estimate of drug-likeness (QED) is 0.462. The Morgan fingerprint density at radius 3 is 2.31 bits per heavy atom. The van der Waals surface area contributed by atoms with Crippen LogP contribution in [0.1, 0.15) is 105 Å². The predicted octanol–water partition coefficient (Wildman–Crippen LogP) is 7.49. The van der Waals surface area contributed by atoms with Gasteiger partial charge >= 0.3 is 5.97 Å². The first-order chi connectivity index (χ1) is 15.1. The monoisotopic (exact) mass is 443 g/mol. The summed E-state index contributed by atoms with van der Waals surface area (Å²) in [5.41, 5.74) is 1.65. The van der Waals surface area contributed by atoms with E-state index in [0.29, 0.717) is 5.41 Å². The van der Waals surface area contributed by atoms with Crippen LogP contribution in [0.5, 0.6) is 0 Å². The lowest BCUT2D eigenvalue weighted by Crippen LogP contribution is -2.57. The molecule has 32 heavy (non-hydrogen) atoms. The van der Waals surface area contributed by atoms with Crippen molar-refractivity contribution in [1.29, 1.82) is 0 Å². The number of fused-ring (bicyclic) bond motifs is 5. The van der Waals surface area contributed by atoms with Gasteiger partial charge in [-0.3, -0.25) is 9.79 Å². The maximum absolute atomic E-state index is 12.3. The Labute approximate surface area is 197 Å². The summed E-state index contributed by atoms with van der Waals surface area (Å²) in [5, 5.41) is 10.1. The highest BCUT2D eigenvalue weighted by Gasteiger charge is 2.62. The maximum atomic E-state index is 12.3. The lowest BCUT2D eigenvalue weighted by molar-refractivity contribution is -0.152. The van der Waals surface area contributed by atoms with Crippen LogP contribution in [0.25, 0.3) is 0 Å². The Bertz CT molecular complexity index is 729. The molecule has 0 aromatic carbocycles. The molecule has 0 heterocycles. The average molecular weight is 444 g/mol. The summed E-state index contributed by atoms with van der Waals surface area (Å²) in [6.45, 7) is 12.4. The summed E-state index contributed by atoms with van der Waals surface area (Å²) >= 11 is 0.